The van der Waals surface area contributed by atoms with Crippen molar-refractivity contribution in [2.45, 2.75) is 38.6 Å². The van der Waals surface area contributed by atoms with Crippen LogP contribution in [0.5, 0.6) is 0 Å². The highest BCUT2D eigenvalue weighted by Gasteiger charge is 2.32. The van der Waals surface area contributed by atoms with Gasteiger partial charge in [0.2, 0.25) is 5.91 Å². The van der Waals surface area contributed by atoms with Gasteiger partial charge < -0.3 is 15.1 Å². The Hall–Kier alpha value is -3.99. The third-order valence-corrected chi connectivity index (χ3v) is 9.83. The summed E-state index contributed by atoms with van der Waals surface area (Å²) >= 11 is 1.60. The van der Waals surface area contributed by atoms with Crippen molar-refractivity contribution in [1.29, 1.82) is 0 Å². The van der Waals surface area contributed by atoms with Crippen LogP contribution in [-0.2, 0) is 17.6 Å². The van der Waals surface area contributed by atoms with Gasteiger partial charge in [-0.15, -0.1) is 11.3 Å². The maximum Gasteiger partial charge on any atom is 0.265 e. The van der Waals surface area contributed by atoms with Gasteiger partial charge in [-0.1, -0.05) is 24.3 Å². The summed E-state index contributed by atoms with van der Waals surface area (Å²) in [6.45, 7) is 3.90. The Morgan fingerprint density at radius 2 is 1.81 bits per heavy atom. The first kappa shape index (κ1) is 29.1. The second-order valence-electron chi connectivity index (χ2n) is 11.7. The smallest absolute Gasteiger partial charge is 0.265 e. The number of rotatable bonds is 5. The molecular formula is C33H38N6O3S. The topological polar surface area (TPSA) is 91.7 Å². The highest BCUT2D eigenvalue weighted by atomic mass is 32.1. The third kappa shape index (κ3) is 5.82. The molecule has 1 aliphatic carbocycles. The molecular weight excluding hydrogens is 560 g/mol. The Kier molecular flexibility index (Phi) is 8.09. The number of hydrogen-bond acceptors (Lipinski definition) is 7. The summed E-state index contributed by atoms with van der Waals surface area (Å²) in [5, 5.41) is 15.6. The molecule has 224 valence electrons. The largest absolute Gasteiger partial charge is 0.371 e. The zero-order valence-electron chi connectivity index (χ0n) is 25.1. The fourth-order valence-electron chi connectivity index (χ4n) is 6.06. The maximum absolute atomic E-state index is 13.2. The molecule has 0 radical (unpaired) electrons. The quantitative estimate of drug-likeness (QED) is 0.415. The molecule has 10 heteroatoms. The first-order valence-corrected chi connectivity index (χ1v) is 15.6. The number of benzene rings is 2. The molecule has 2 aliphatic heterocycles. The monoisotopic (exact) mass is 598 g/mol. The van der Waals surface area contributed by atoms with Crippen molar-refractivity contribution in [2.75, 3.05) is 46.1 Å². The Labute approximate surface area is 256 Å². The minimum absolute atomic E-state index is 0.0846. The number of likely N-dealkylation sites (N-methyl/N-ethyl adjacent to an activating group) is 3. The SMILES string of the molecule is Cc1c(NC(=O)c2cc3c(s2)CCCC3)cccc1C1=CN(C)CC(=Nc2ccc(C3C(=O)N(C)CCN3C)cc2)N1O. The van der Waals surface area contributed by atoms with Crippen molar-refractivity contribution in [3.8, 4) is 0 Å². The number of carbonyl (C=O) groups is 2. The lowest BCUT2D eigenvalue weighted by molar-refractivity contribution is -0.139. The highest BCUT2D eigenvalue weighted by Crippen LogP contribution is 2.33. The molecule has 3 aliphatic rings. The predicted molar refractivity (Wildman–Crippen MR) is 171 cm³/mol. The molecule has 3 heterocycles. The summed E-state index contributed by atoms with van der Waals surface area (Å²) < 4.78 is 0. The van der Waals surface area contributed by atoms with Gasteiger partial charge in [-0.2, -0.15) is 0 Å². The lowest BCUT2D eigenvalue weighted by Gasteiger charge is -2.37. The average molecular weight is 599 g/mol. The van der Waals surface area contributed by atoms with Crippen molar-refractivity contribution in [1.82, 2.24) is 19.8 Å². The number of nitrogens with one attached hydrogen (secondary N) is 1. The van der Waals surface area contributed by atoms with E-state index in [2.05, 4.69) is 10.2 Å². The van der Waals surface area contributed by atoms with Gasteiger partial charge in [-0.3, -0.25) is 19.7 Å². The number of aryl methyl sites for hydroxylation is 2. The molecule has 0 saturated carbocycles. The van der Waals surface area contributed by atoms with E-state index in [9.17, 15) is 14.8 Å². The first-order valence-electron chi connectivity index (χ1n) is 14.8. The summed E-state index contributed by atoms with van der Waals surface area (Å²) in [5.41, 5.74) is 5.84. The molecule has 1 saturated heterocycles. The van der Waals surface area contributed by atoms with E-state index in [4.69, 9.17) is 4.99 Å². The summed E-state index contributed by atoms with van der Waals surface area (Å²) in [6.07, 6.45) is 6.35. The number of aliphatic imine (C=N–C) groups is 1. The van der Waals surface area contributed by atoms with E-state index in [1.165, 1.54) is 23.3 Å². The van der Waals surface area contributed by atoms with E-state index < -0.39 is 0 Å². The zero-order chi connectivity index (χ0) is 30.2. The molecule has 1 unspecified atom stereocenters. The van der Waals surface area contributed by atoms with Crippen LogP contribution < -0.4 is 5.32 Å². The van der Waals surface area contributed by atoms with Crippen molar-refractivity contribution in [3.63, 3.8) is 0 Å². The van der Waals surface area contributed by atoms with Gasteiger partial charge >= 0.3 is 0 Å². The van der Waals surface area contributed by atoms with E-state index in [1.807, 2.05) is 87.7 Å². The standard InChI is InChI=1S/C33H38N6O3S/c1-21-25(9-7-10-26(21)35-32(40)29-18-23-8-5-6-11-28(23)43-29)27-19-36(2)20-30(39(27)42)34-24-14-12-22(13-15-24)31-33(41)38(4)17-16-37(31)3/h7,9-10,12-15,18-19,31,42H,5-6,8,11,16-17,20H2,1-4H3,(H,35,40). The van der Waals surface area contributed by atoms with Crippen molar-refractivity contribution < 1.29 is 14.8 Å². The van der Waals surface area contributed by atoms with Crippen LogP contribution in [0.3, 0.4) is 0 Å². The van der Waals surface area contributed by atoms with Gasteiger partial charge in [0.25, 0.3) is 5.91 Å². The minimum Gasteiger partial charge on any atom is -0.371 e. The van der Waals surface area contributed by atoms with E-state index in [0.717, 1.165) is 52.6 Å². The van der Waals surface area contributed by atoms with Crippen LogP contribution in [0.15, 0.2) is 59.7 Å². The number of carbonyl (C=O) groups excluding carboxylic acids is 2. The van der Waals surface area contributed by atoms with Crippen LogP contribution in [0.25, 0.3) is 5.70 Å². The van der Waals surface area contributed by atoms with Crippen LogP contribution in [0.1, 0.15) is 55.7 Å². The van der Waals surface area contributed by atoms with Crippen LogP contribution in [0.2, 0.25) is 0 Å². The molecule has 1 aromatic heterocycles. The molecule has 3 aromatic rings. The predicted octanol–water partition coefficient (Wildman–Crippen LogP) is 5.30. The van der Waals surface area contributed by atoms with Crippen LogP contribution in [-0.4, -0.2) is 83.4 Å². The third-order valence-electron chi connectivity index (χ3n) is 8.59. The molecule has 9 nitrogen and oxygen atoms in total. The number of hydrogen-bond donors (Lipinski definition) is 2. The van der Waals surface area contributed by atoms with Gasteiger partial charge in [0.1, 0.15) is 6.04 Å². The van der Waals surface area contributed by atoms with Crippen LogP contribution >= 0.6 is 11.3 Å². The fourth-order valence-corrected chi connectivity index (χ4v) is 7.21. The number of fused-ring (bicyclic) bond motifs is 1. The van der Waals surface area contributed by atoms with Gasteiger partial charge in [0.15, 0.2) is 5.84 Å². The lowest BCUT2D eigenvalue weighted by Crippen LogP contribution is -2.48. The average Bonchev–Trinajstić information content (AvgIpc) is 3.44. The zero-order valence-corrected chi connectivity index (χ0v) is 25.9. The Morgan fingerprint density at radius 3 is 2.58 bits per heavy atom. The molecule has 1 atom stereocenters. The van der Waals surface area contributed by atoms with Crippen LogP contribution in [0.4, 0.5) is 11.4 Å². The van der Waals surface area contributed by atoms with E-state index in [0.29, 0.717) is 29.5 Å². The van der Waals surface area contributed by atoms with Gasteiger partial charge in [0, 0.05) is 49.5 Å². The summed E-state index contributed by atoms with van der Waals surface area (Å²) in [4.78, 5) is 38.6. The second kappa shape index (κ2) is 11.9. The molecule has 2 aromatic carbocycles. The minimum atomic E-state index is -0.314. The number of thiophene rings is 1. The number of amidine groups is 1. The maximum atomic E-state index is 13.2. The van der Waals surface area contributed by atoms with Crippen molar-refractivity contribution in [2.24, 2.45) is 4.99 Å². The Bertz CT molecular complexity index is 1590. The fraction of sp³-hybridized carbons (Fsp3) is 0.364. The number of nitrogens with zero attached hydrogens (tertiary/aromatic N) is 5. The number of piperazine rings is 1. The lowest BCUT2D eigenvalue weighted by atomic mass is 9.99. The number of hydroxylamine groups is 2. The number of anilines is 1. The molecule has 0 bridgehead atoms. The summed E-state index contributed by atoms with van der Waals surface area (Å²) in [7, 11) is 5.74. The van der Waals surface area contributed by atoms with Gasteiger partial charge in [-0.25, -0.2) is 10.1 Å². The van der Waals surface area contributed by atoms with E-state index in [-0.39, 0.29) is 17.9 Å². The Morgan fingerprint density at radius 1 is 1.05 bits per heavy atom. The van der Waals surface area contributed by atoms with E-state index >= 15 is 0 Å². The molecule has 43 heavy (non-hydrogen) atoms. The van der Waals surface area contributed by atoms with Crippen molar-refractivity contribution in [3.05, 3.63) is 86.7 Å². The molecule has 6 rings (SSSR count). The molecule has 1 fully saturated rings. The first-order chi connectivity index (χ1) is 20.7. The van der Waals surface area contributed by atoms with Gasteiger partial charge in [-0.05, 0) is 80.6 Å². The summed E-state index contributed by atoms with van der Waals surface area (Å²) in [5.74, 6) is 0.450. The molecule has 2 amide bonds. The Balaban J connectivity index is 1.22. The van der Waals surface area contributed by atoms with E-state index in [1.54, 1.807) is 16.2 Å². The van der Waals surface area contributed by atoms with Crippen molar-refractivity contribution >= 4 is 46.1 Å². The highest BCUT2D eigenvalue weighted by molar-refractivity contribution is 7.14. The molecule has 0 spiro atoms. The van der Waals surface area contributed by atoms with Crippen LogP contribution in [0, 0.1) is 6.92 Å². The normalized spacial score (nSPS) is 20.3. The number of amides is 2. The second-order valence-corrected chi connectivity index (χ2v) is 12.8. The van der Waals surface area contributed by atoms with Gasteiger partial charge in [0.05, 0.1) is 22.8 Å². The summed E-state index contributed by atoms with van der Waals surface area (Å²) in [6, 6.07) is 15.1. The molecule has 2 N–H and O–H groups in total.